The molecule has 1 fully saturated rings. The van der Waals surface area contributed by atoms with E-state index in [4.69, 9.17) is 11.0 Å². The van der Waals surface area contributed by atoms with Gasteiger partial charge in [0.05, 0.1) is 17.4 Å². The molecule has 7 heteroatoms. The second-order valence-electron chi connectivity index (χ2n) is 4.82. The summed E-state index contributed by atoms with van der Waals surface area (Å²) in [5.41, 5.74) is 6.70. The average Bonchev–Trinajstić information content (AvgIpc) is 2.88. The predicted molar refractivity (Wildman–Crippen MR) is 79.8 cm³/mol. The van der Waals surface area contributed by atoms with Crippen LogP contribution in [0.3, 0.4) is 0 Å². The van der Waals surface area contributed by atoms with Gasteiger partial charge < -0.3 is 5.73 Å². The highest BCUT2D eigenvalue weighted by Crippen LogP contribution is 2.21. The smallest absolute Gasteiger partial charge is 0.218 e. The van der Waals surface area contributed by atoms with Gasteiger partial charge in [-0.25, -0.2) is 12.7 Å². The minimum Gasteiger partial charge on any atom is -0.330 e. The summed E-state index contributed by atoms with van der Waals surface area (Å²) in [6.07, 6.45) is 0.827. The maximum absolute atomic E-state index is 12.3. The molecule has 5 nitrogen and oxygen atoms in total. The predicted octanol–water partition coefficient (Wildman–Crippen LogP) is 1.09. The highest BCUT2D eigenvalue weighted by Gasteiger charge is 2.30. The number of hydrogen-bond acceptors (Lipinski definition) is 4. The van der Waals surface area contributed by atoms with E-state index in [0.717, 1.165) is 6.42 Å². The van der Waals surface area contributed by atoms with Gasteiger partial charge in [0.15, 0.2) is 0 Å². The molecule has 1 unspecified atom stereocenters. The lowest BCUT2D eigenvalue weighted by molar-refractivity contribution is 0.458. The Balaban J connectivity index is 0.00000200. The first-order chi connectivity index (χ1) is 9.05. The van der Waals surface area contributed by atoms with Crippen LogP contribution in [0.1, 0.15) is 17.5 Å². The number of nitrogens with zero attached hydrogens (tertiary/aromatic N) is 2. The zero-order valence-corrected chi connectivity index (χ0v) is 12.7. The van der Waals surface area contributed by atoms with Crippen molar-refractivity contribution < 1.29 is 8.42 Å². The SMILES string of the molecule is Cl.N#Cc1cccc(CS(=O)(=O)N2CCC(CN)C2)c1. The van der Waals surface area contributed by atoms with E-state index < -0.39 is 10.0 Å². The van der Waals surface area contributed by atoms with Crippen LogP contribution < -0.4 is 5.73 Å². The van der Waals surface area contributed by atoms with Gasteiger partial charge in [-0.1, -0.05) is 12.1 Å². The maximum Gasteiger partial charge on any atom is 0.218 e. The molecule has 0 radical (unpaired) electrons. The van der Waals surface area contributed by atoms with Crippen molar-refractivity contribution in [2.45, 2.75) is 12.2 Å². The molecule has 1 aromatic carbocycles. The summed E-state index contributed by atoms with van der Waals surface area (Å²) in [4.78, 5) is 0. The fourth-order valence-electron chi connectivity index (χ4n) is 2.27. The fourth-order valence-corrected chi connectivity index (χ4v) is 3.88. The number of hydrogen-bond donors (Lipinski definition) is 1. The van der Waals surface area contributed by atoms with Gasteiger partial charge in [0.2, 0.25) is 10.0 Å². The van der Waals surface area contributed by atoms with E-state index >= 15 is 0 Å². The van der Waals surface area contributed by atoms with Crippen molar-refractivity contribution >= 4 is 22.4 Å². The van der Waals surface area contributed by atoms with E-state index in [1.807, 2.05) is 6.07 Å². The van der Waals surface area contributed by atoms with Crippen LogP contribution in [0.5, 0.6) is 0 Å². The Morgan fingerprint density at radius 2 is 2.20 bits per heavy atom. The van der Waals surface area contributed by atoms with Crippen LogP contribution in [0, 0.1) is 17.2 Å². The highest BCUT2D eigenvalue weighted by molar-refractivity contribution is 7.88. The molecule has 110 valence electrons. The average molecular weight is 316 g/mol. The van der Waals surface area contributed by atoms with Crippen molar-refractivity contribution in [2.24, 2.45) is 11.7 Å². The van der Waals surface area contributed by atoms with E-state index in [2.05, 4.69) is 0 Å². The van der Waals surface area contributed by atoms with E-state index in [9.17, 15) is 8.42 Å². The van der Waals surface area contributed by atoms with Crippen LogP contribution in [0.2, 0.25) is 0 Å². The van der Waals surface area contributed by atoms with Crippen molar-refractivity contribution in [1.29, 1.82) is 5.26 Å². The molecule has 1 aromatic rings. The Labute approximate surface area is 125 Å². The van der Waals surface area contributed by atoms with E-state index in [-0.39, 0.29) is 24.1 Å². The summed E-state index contributed by atoms with van der Waals surface area (Å²) in [5.74, 6) is 0.208. The molecule has 2 rings (SSSR count). The quantitative estimate of drug-likeness (QED) is 0.901. The molecule has 1 heterocycles. The molecule has 0 aromatic heterocycles. The molecule has 0 amide bonds. The number of rotatable bonds is 4. The molecule has 1 aliphatic rings. The lowest BCUT2D eigenvalue weighted by atomic mass is 10.1. The lowest BCUT2D eigenvalue weighted by Crippen LogP contribution is -2.31. The first-order valence-electron chi connectivity index (χ1n) is 6.22. The first-order valence-corrected chi connectivity index (χ1v) is 7.83. The fraction of sp³-hybridized carbons (Fsp3) is 0.462. The summed E-state index contributed by atoms with van der Waals surface area (Å²) in [6, 6.07) is 8.73. The van der Waals surface area contributed by atoms with E-state index in [0.29, 0.717) is 30.8 Å². The third-order valence-corrected chi connectivity index (χ3v) is 5.20. The minimum atomic E-state index is -3.31. The molecule has 20 heavy (non-hydrogen) atoms. The van der Waals surface area contributed by atoms with Gasteiger partial charge in [-0.05, 0) is 36.6 Å². The zero-order valence-electron chi connectivity index (χ0n) is 11.0. The van der Waals surface area contributed by atoms with Crippen molar-refractivity contribution in [3.63, 3.8) is 0 Å². The molecule has 0 bridgehead atoms. The molecule has 0 saturated carbocycles. The van der Waals surface area contributed by atoms with Crippen LogP contribution in [0.4, 0.5) is 0 Å². The molecule has 0 spiro atoms. The summed E-state index contributed by atoms with van der Waals surface area (Å²) < 4.78 is 26.0. The molecule has 1 saturated heterocycles. The largest absolute Gasteiger partial charge is 0.330 e. The zero-order chi connectivity index (χ0) is 13.9. The standard InChI is InChI=1S/C13H17N3O2S.ClH/c14-7-11-2-1-3-12(6-11)10-19(17,18)16-5-4-13(8-15)9-16;/h1-3,6,13H,4-5,8-10,15H2;1H. The Morgan fingerprint density at radius 1 is 1.45 bits per heavy atom. The number of sulfonamides is 1. The first kappa shape index (κ1) is 16.9. The van der Waals surface area contributed by atoms with Crippen LogP contribution in [0.25, 0.3) is 0 Å². The van der Waals surface area contributed by atoms with Crippen LogP contribution in [-0.4, -0.2) is 32.4 Å². The second kappa shape index (κ2) is 7.04. The third kappa shape index (κ3) is 3.93. The third-order valence-electron chi connectivity index (χ3n) is 3.38. The summed E-state index contributed by atoms with van der Waals surface area (Å²) in [6.45, 7) is 1.58. The number of nitrogens with two attached hydrogens (primary N) is 1. The Morgan fingerprint density at radius 3 is 2.80 bits per heavy atom. The van der Waals surface area contributed by atoms with Crippen molar-refractivity contribution in [3.05, 3.63) is 35.4 Å². The minimum absolute atomic E-state index is 0. The number of nitriles is 1. The molecule has 1 aliphatic heterocycles. The van der Waals surface area contributed by atoms with E-state index in [1.165, 1.54) is 4.31 Å². The monoisotopic (exact) mass is 315 g/mol. The van der Waals surface area contributed by atoms with Crippen molar-refractivity contribution in [3.8, 4) is 6.07 Å². The van der Waals surface area contributed by atoms with Gasteiger partial charge in [-0.3, -0.25) is 0 Å². The Kier molecular flexibility index (Phi) is 5.96. The second-order valence-corrected chi connectivity index (χ2v) is 6.79. The Hall–Kier alpha value is -1.13. The van der Waals surface area contributed by atoms with Gasteiger partial charge in [0.25, 0.3) is 0 Å². The highest BCUT2D eigenvalue weighted by atomic mass is 35.5. The van der Waals surface area contributed by atoms with Gasteiger partial charge >= 0.3 is 0 Å². The summed E-state index contributed by atoms with van der Waals surface area (Å²) in [5, 5.41) is 8.81. The van der Waals surface area contributed by atoms with Crippen molar-refractivity contribution in [1.82, 2.24) is 4.31 Å². The van der Waals surface area contributed by atoms with Gasteiger partial charge in [0, 0.05) is 13.1 Å². The van der Waals surface area contributed by atoms with E-state index in [1.54, 1.807) is 24.3 Å². The molecule has 1 atom stereocenters. The van der Waals surface area contributed by atoms with Crippen molar-refractivity contribution in [2.75, 3.05) is 19.6 Å². The molecule has 0 aliphatic carbocycles. The number of halogens is 1. The lowest BCUT2D eigenvalue weighted by Gasteiger charge is -2.16. The molecule has 2 N–H and O–H groups in total. The topological polar surface area (TPSA) is 87.2 Å². The van der Waals surface area contributed by atoms with Crippen LogP contribution in [-0.2, 0) is 15.8 Å². The van der Waals surface area contributed by atoms with Gasteiger partial charge in [-0.15, -0.1) is 12.4 Å². The van der Waals surface area contributed by atoms with Crippen LogP contribution in [0.15, 0.2) is 24.3 Å². The number of benzene rings is 1. The normalized spacial score (nSPS) is 19.3. The van der Waals surface area contributed by atoms with Gasteiger partial charge in [0.1, 0.15) is 0 Å². The Bertz CT molecular complexity index is 598. The molecular formula is C13H18ClN3O2S. The summed E-state index contributed by atoms with van der Waals surface area (Å²) >= 11 is 0. The van der Waals surface area contributed by atoms with Crippen LogP contribution >= 0.6 is 12.4 Å². The summed E-state index contributed by atoms with van der Waals surface area (Å²) in [7, 11) is -3.31. The maximum atomic E-state index is 12.3. The molecular weight excluding hydrogens is 298 g/mol. The van der Waals surface area contributed by atoms with Gasteiger partial charge in [-0.2, -0.15) is 5.26 Å².